The summed E-state index contributed by atoms with van der Waals surface area (Å²) in [5.41, 5.74) is 9.08. The van der Waals surface area contributed by atoms with Gasteiger partial charge in [-0.25, -0.2) is 0 Å². The van der Waals surface area contributed by atoms with Crippen LogP contribution in [0.4, 0.5) is 5.82 Å². The lowest BCUT2D eigenvalue weighted by Gasteiger charge is -2.22. The average Bonchev–Trinajstić information content (AvgIpc) is 2.83. The molecule has 0 saturated carbocycles. The van der Waals surface area contributed by atoms with Crippen molar-refractivity contribution in [3.05, 3.63) is 16.8 Å². The van der Waals surface area contributed by atoms with E-state index in [-0.39, 0.29) is 0 Å². The molecule has 1 unspecified atom stereocenters. The van der Waals surface area contributed by atoms with Crippen molar-refractivity contribution in [1.82, 2.24) is 10.2 Å². The monoisotopic (exact) mass is 278 g/mol. The number of hydrogen-bond donors (Lipinski definition) is 1. The van der Waals surface area contributed by atoms with E-state index in [0.29, 0.717) is 10.9 Å². The fraction of sp³-hybridized carbons (Fsp3) is 0.643. The highest BCUT2D eigenvalue weighted by Gasteiger charge is 2.25. The van der Waals surface area contributed by atoms with Crippen molar-refractivity contribution in [2.45, 2.75) is 40.0 Å². The van der Waals surface area contributed by atoms with Crippen LogP contribution in [0.3, 0.4) is 0 Å². The molecule has 2 N–H and O–H groups in total. The Bertz CT molecular complexity index is 487. The van der Waals surface area contributed by atoms with Crippen molar-refractivity contribution in [3.8, 4) is 0 Å². The van der Waals surface area contributed by atoms with E-state index in [9.17, 15) is 0 Å². The number of nitrogens with zero attached hydrogens (tertiary/aromatic N) is 3. The highest BCUT2D eigenvalue weighted by molar-refractivity contribution is 7.80. The van der Waals surface area contributed by atoms with Gasteiger partial charge >= 0.3 is 0 Å². The molecule has 104 valence electrons. The summed E-state index contributed by atoms with van der Waals surface area (Å²) in [6.45, 7) is 8.49. The Morgan fingerprint density at radius 3 is 2.58 bits per heavy atom. The largest absolute Gasteiger partial charge is 0.389 e. The van der Waals surface area contributed by atoms with Gasteiger partial charge in [-0.1, -0.05) is 33.0 Å². The maximum absolute atomic E-state index is 5.95. The van der Waals surface area contributed by atoms with Crippen LogP contribution in [0.15, 0.2) is 0 Å². The van der Waals surface area contributed by atoms with Gasteiger partial charge in [0.25, 0.3) is 0 Å². The van der Waals surface area contributed by atoms with E-state index in [2.05, 4.69) is 35.9 Å². The van der Waals surface area contributed by atoms with Gasteiger partial charge in [-0.3, -0.25) is 0 Å². The van der Waals surface area contributed by atoms with E-state index in [1.807, 2.05) is 0 Å². The van der Waals surface area contributed by atoms with Crippen molar-refractivity contribution >= 4 is 23.0 Å². The summed E-state index contributed by atoms with van der Waals surface area (Å²) < 4.78 is 0. The smallest absolute Gasteiger partial charge is 0.161 e. The lowest BCUT2D eigenvalue weighted by atomic mass is 10.0. The molecule has 2 heterocycles. The van der Waals surface area contributed by atoms with Crippen molar-refractivity contribution in [2.75, 3.05) is 18.0 Å². The summed E-state index contributed by atoms with van der Waals surface area (Å²) in [5.74, 6) is 1.57. The first-order valence-corrected chi connectivity index (χ1v) is 7.42. The molecule has 1 aromatic rings. The van der Waals surface area contributed by atoms with Crippen LogP contribution >= 0.6 is 12.2 Å². The normalized spacial score (nSPS) is 18.9. The number of hydrogen-bond acceptors (Lipinski definition) is 4. The SMILES string of the molecule is CCc1nnc(N2CCC(C)C2)c(C(N)=S)c1CC. The molecule has 1 aliphatic rings. The number of aryl methyl sites for hydroxylation is 1. The topological polar surface area (TPSA) is 55.0 Å². The summed E-state index contributed by atoms with van der Waals surface area (Å²) >= 11 is 5.26. The van der Waals surface area contributed by atoms with Gasteiger partial charge in [0.15, 0.2) is 5.82 Å². The molecule has 2 rings (SSSR count). The zero-order valence-electron chi connectivity index (χ0n) is 11.9. The van der Waals surface area contributed by atoms with Crippen LogP contribution in [0, 0.1) is 5.92 Å². The summed E-state index contributed by atoms with van der Waals surface area (Å²) in [4.78, 5) is 2.71. The minimum atomic E-state index is 0.441. The van der Waals surface area contributed by atoms with Crippen molar-refractivity contribution < 1.29 is 0 Å². The molecule has 1 aliphatic heterocycles. The van der Waals surface area contributed by atoms with E-state index >= 15 is 0 Å². The first kappa shape index (κ1) is 14.2. The van der Waals surface area contributed by atoms with E-state index in [0.717, 1.165) is 43.0 Å². The van der Waals surface area contributed by atoms with Crippen LogP contribution in [-0.4, -0.2) is 28.3 Å². The third-order valence-corrected chi connectivity index (χ3v) is 4.00. The number of anilines is 1. The maximum atomic E-state index is 5.95. The van der Waals surface area contributed by atoms with Gasteiger partial charge in [-0.05, 0) is 30.7 Å². The second-order valence-corrected chi connectivity index (χ2v) is 5.67. The molecule has 4 nitrogen and oxygen atoms in total. The van der Waals surface area contributed by atoms with E-state index in [4.69, 9.17) is 18.0 Å². The minimum Gasteiger partial charge on any atom is -0.389 e. The van der Waals surface area contributed by atoms with Gasteiger partial charge in [0, 0.05) is 13.1 Å². The molecule has 0 aliphatic carbocycles. The molecule has 5 heteroatoms. The molecule has 1 fully saturated rings. The third kappa shape index (κ3) is 2.71. The van der Waals surface area contributed by atoms with Gasteiger partial charge < -0.3 is 10.6 Å². The van der Waals surface area contributed by atoms with Gasteiger partial charge in [-0.15, -0.1) is 5.10 Å². The van der Waals surface area contributed by atoms with Crippen LogP contribution in [0.2, 0.25) is 0 Å². The molecule has 1 atom stereocenters. The number of thiocarbonyl (C=S) groups is 1. The van der Waals surface area contributed by atoms with Gasteiger partial charge in [0.1, 0.15) is 4.99 Å². The molecule has 0 radical (unpaired) electrons. The van der Waals surface area contributed by atoms with Crippen molar-refractivity contribution in [1.29, 1.82) is 0 Å². The first-order valence-electron chi connectivity index (χ1n) is 7.01. The molecule has 0 amide bonds. The minimum absolute atomic E-state index is 0.441. The highest BCUT2D eigenvalue weighted by atomic mass is 32.1. The van der Waals surface area contributed by atoms with Crippen molar-refractivity contribution in [3.63, 3.8) is 0 Å². The van der Waals surface area contributed by atoms with Crippen LogP contribution in [-0.2, 0) is 12.8 Å². The maximum Gasteiger partial charge on any atom is 0.161 e. The molecular weight excluding hydrogens is 256 g/mol. The standard InChI is InChI=1S/C14H22N4S/c1-4-10-11(5-2)16-17-14(12(10)13(15)19)18-7-6-9(3)8-18/h9H,4-8H2,1-3H3,(H2,15,19). The quantitative estimate of drug-likeness (QED) is 0.855. The third-order valence-electron chi connectivity index (χ3n) is 3.80. The Balaban J connectivity index is 2.51. The van der Waals surface area contributed by atoms with E-state index in [1.54, 1.807) is 0 Å². The number of rotatable bonds is 4. The number of aromatic nitrogens is 2. The fourth-order valence-electron chi connectivity index (χ4n) is 2.77. The lowest BCUT2D eigenvalue weighted by Crippen LogP contribution is -2.27. The highest BCUT2D eigenvalue weighted by Crippen LogP contribution is 2.28. The average molecular weight is 278 g/mol. The lowest BCUT2D eigenvalue weighted by molar-refractivity contribution is 0.658. The predicted octanol–water partition coefficient (Wildman–Crippen LogP) is 2.08. The van der Waals surface area contributed by atoms with Crippen LogP contribution in [0.25, 0.3) is 0 Å². The molecule has 0 bridgehead atoms. The molecule has 0 spiro atoms. The summed E-state index contributed by atoms with van der Waals surface area (Å²) in [6.07, 6.45) is 2.94. The molecule has 0 aromatic carbocycles. The Hall–Kier alpha value is -1.23. The van der Waals surface area contributed by atoms with Gasteiger partial charge in [0.2, 0.25) is 0 Å². The fourth-order valence-corrected chi connectivity index (χ4v) is 2.98. The van der Waals surface area contributed by atoms with Crippen LogP contribution < -0.4 is 10.6 Å². The Morgan fingerprint density at radius 1 is 1.37 bits per heavy atom. The Labute approximate surface area is 120 Å². The Morgan fingerprint density at radius 2 is 2.11 bits per heavy atom. The summed E-state index contributed by atoms with van der Waals surface area (Å²) in [7, 11) is 0. The first-order chi connectivity index (χ1) is 9.08. The second kappa shape index (κ2) is 5.82. The van der Waals surface area contributed by atoms with Gasteiger partial charge in [-0.2, -0.15) is 5.10 Å². The van der Waals surface area contributed by atoms with Gasteiger partial charge in [0.05, 0.1) is 11.3 Å². The summed E-state index contributed by atoms with van der Waals surface area (Å²) in [5, 5.41) is 8.78. The summed E-state index contributed by atoms with van der Waals surface area (Å²) in [6, 6.07) is 0. The molecular formula is C14H22N4S. The van der Waals surface area contributed by atoms with E-state index < -0.39 is 0 Å². The van der Waals surface area contributed by atoms with E-state index in [1.165, 1.54) is 12.0 Å². The molecule has 19 heavy (non-hydrogen) atoms. The zero-order valence-corrected chi connectivity index (χ0v) is 12.8. The number of nitrogens with two attached hydrogens (primary N) is 1. The Kier molecular flexibility index (Phi) is 4.34. The van der Waals surface area contributed by atoms with Crippen molar-refractivity contribution in [2.24, 2.45) is 11.7 Å². The molecule has 1 saturated heterocycles. The zero-order chi connectivity index (χ0) is 14.0. The predicted molar refractivity (Wildman–Crippen MR) is 82.7 cm³/mol. The molecule has 1 aromatic heterocycles. The van der Waals surface area contributed by atoms with Crippen LogP contribution in [0.1, 0.15) is 44.0 Å². The second-order valence-electron chi connectivity index (χ2n) is 5.24. The van der Waals surface area contributed by atoms with Crippen LogP contribution in [0.5, 0.6) is 0 Å².